The van der Waals surface area contributed by atoms with Crippen LogP contribution in [0.5, 0.6) is 0 Å². The van der Waals surface area contributed by atoms with E-state index in [0.29, 0.717) is 12.5 Å². The third-order valence-electron chi connectivity index (χ3n) is 3.48. The van der Waals surface area contributed by atoms with Gasteiger partial charge in [0.25, 0.3) is 0 Å². The Hall–Kier alpha value is -1.38. The molecule has 1 saturated carbocycles. The number of benzene rings is 1. The molecule has 108 valence electrons. The quantitative estimate of drug-likeness (QED) is 0.810. The van der Waals surface area contributed by atoms with Gasteiger partial charge < -0.3 is 0 Å². The van der Waals surface area contributed by atoms with Crippen LogP contribution in [0.15, 0.2) is 29.2 Å². The van der Waals surface area contributed by atoms with Crippen molar-refractivity contribution in [2.24, 2.45) is 5.92 Å². The second-order valence-electron chi connectivity index (χ2n) is 5.64. The molecule has 0 unspecified atom stereocenters. The van der Waals surface area contributed by atoms with Crippen molar-refractivity contribution in [3.63, 3.8) is 0 Å². The average molecular weight is 292 g/mol. The predicted molar refractivity (Wildman–Crippen MR) is 77.5 cm³/mol. The number of rotatable bonds is 6. The number of hydrogen-bond acceptors (Lipinski definition) is 3. The molecule has 4 nitrogen and oxygen atoms in total. The summed E-state index contributed by atoms with van der Waals surface area (Å²) in [4.78, 5) is 0.137. The van der Waals surface area contributed by atoms with E-state index in [1.54, 1.807) is 22.5 Å². The Morgan fingerprint density at radius 3 is 2.55 bits per heavy atom. The van der Waals surface area contributed by atoms with Gasteiger partial charge in [-0.1, -0.05) is 26.0 Å². The van der Waals surface area contributed by atoms with Gasteiger partial charge in [0.2, 0.25) is 10.0 Å². The van der Waals surface area contributed by atoms with Crippen LogP contribution in [-0.4, -0.2) is 25.3 Å². The molecule has 0 saturated heterocycles. The fraction of sp³-hybridized carbons (Fsp3) is 0.533. The molecule has 0 aromatic heterocycles. The SMILES string of the molecule is CC(C)CCN(C1CC1)S(=O)(=O)c1ccccc1C#N. The minimum Gasteiger partial charge on any atom is -0.207 e. The second kappa shape index (κ2) is 5.94. The Kier molecular flexibility index (Phi) is 4.46. The van der Waals surface area contributed by atoms with Crippen molar-refractivity contribution >= 4 is 10.0 Å². The molecule has 0 aliphatic heterocycles. The number of nitriles is 1. The zero-order chi connectivity index (χ0) is 14.8. The van der Waals surface area contributed by atoms with Gasteiger partial charge in [0.05, 0.1) is 10.5 Å². The van der Waals surface area contributed by atoms with Crippen LogP contribution in [0.4, 0.5) is 0 Å². The van der Waals surface area contributed by atoms with Gasteiger partial charge in [0, 0.05) is 12.6 Å². The molecule has 0 amide bonds. The van der Waals surface area contributed by atoms with E-state index in [4.69, 9.17) is 5.26 Å². The summed E-state index contributed by atoms with van der Waals surface area (Å²) in [6.45, 7) is 4.70. The monoisotopic (exact) mass is 292 g/mol. The van der Waals surface area contributed by atoms with Crippen LogP contribution in [0, 0.1) is 17.2 Å². The number of sulfonamides is 1. The van der Waals surface area contributed by atoms with Crippen molar-refractivity contribution in [3.8, 4) is 6.07 Å². The Labute approximate surface area is 121 Å². The van der Waals surface area contributed by atoms with E-state index in [-0.39, 0.29) is 16.5 Å². The fourth-order valence-electron chi connectivity index (χ4n) is 2.16. The van der Waals surface area contributed by atoms with Gasteiger partial charge in [-0.3, -0.25) is 0 Å². The summed E-state index contributed by atoms with van der Waals surface area (Å²) < 4.78 is 27.1. The van der Waals surface area contributed by atoms with Gasteiger partial charge in [-0.05, 0) is 37.3 Å². The molecular formula is C15H20N2O2S. The van der Waals surface area contributed by atoms with Crippen molar-refractivity contribution in [3.05, 3.63) is 29.8 Å². The van der Waals surface area contributed by atoms with Crippen molar-refractivity contribution in [1.29, 1.82) is 5.26 Å². The fourth-order valence-corrected chi connectivity index (χ4v) is 4.00. The smallest absolute Gasteiger partial charge is 0.207 e. The molecule has 1 fully saturated rings. The molecule has 0 radical (unpaired) electrons. The van der Waals surface area contributed by atoms with Crippen molar-refractivity contribution in [2.45, 2.75) is 44.0 Å². The van der Waals surface area contributed by atoms with Crippen LogP contribution >= 0.6 is 0 Å². The summed E-state index contributed by atoms with van der Waals surface area (Å²) in [5, 5.41) is 9.10. The van der Waals surface area contributed by atoms with Gasteiger partial charge in [-0.15, -0.1) is 0 Å². The number of hydrogen-bond donors (Lipinski definition) is 0. The van der Waals surface area contributed by atoms with Gasteiger partial charge in [0.1, 0.15) is 6.07 Å². The lowest BCUT2D eigenvalue weighted by Crippen LogP contribution is -2.35. The highest BCUT2D eigenvalue weighted by Gasteiger charge is 2.38. The first kappa shape index (κ1) is 15.0. The van der Waals surface area contributed by atoms with Gasteiger partial charge in [0.15, 0.2) is 0 Å². The first-order chi connectivity index (χ1) is 9.46. The van der Waals surface area contributed by atoms with Crippen molar-refractivity contribution < 1.29 is 8.42 Å². The summed E-state index contributed by atoms with van der Waals surface area (Å²) in [5.74, 6) is 0.456. The minimum atomic E-state index is -3.57. The summed E-state index contributed by atoms with van der Waals surface area (Å²) in [7, 11) is -3.57. The van der Waals surface area contributed by atoms with Crippen LogP contribution in [0.3, 0.4) is 0 Å². The molecule has 0 N–H and O–H groups in total. The zero-order valence-electron chi connectivity index (χ0n) is 11.9. The van der Waals surface area contributed by atoms with Crippen molar-refractivity contribution in [1.82, 2.24) is 4.31 Å². The molecule has 1 aromatic rings. The molecule has 0 spiro atoms. The van der Waals surface area contributed by atoms with Gasteiger partial charge in [-0.25, -0.2) is 8.42 Å². The highest BCUT2D eigenvalue weighted by atomic mass is 32.2. The molecule has 1 aliphatic carbocycles. The topological polar surface area (TPSA) is 61.2 Å². The zero-order valence-corrected chi connectivity index (χ0v) is 12.7. The Morgan fingerprint density at radius 1 is 1.35 bits per heavy atom. The van der Waals surface area contributed by atoms with E-state index < -0.39 is 10.0 Å². The highest BCUT2D eigenvalue weighted by Crippen LogP contribution is 2.33. The average Bonchev–Trinajstić information content (AvgIpc) is 3.23. The molecule has 2 rings (SSSR count). The van der Waals surface area contributed by atoms with Gasteiger partial charge >= 0.3 is 0 Å². The molecule has 0 bridgehead atoms. The largest absolute Gasteiger partial charge is 0.244 e. The van der Waals surface area contributed by atoms with E-state index in [1.165, 1.54) is 6.07 Å². The van der Waals surface area contributed by atoms with E-state index in [0.717, 1.165) is 19.3 Å². The highest BCUT2D eigenvalue weighted by molar-refractivity contribution is 7.89. The Balaban J connectivity index is 2.33. The molecular weight excluding hydrogens is 272 g/mol. The van der Waals surface area contributed by atoms with Gasteiger partial charge in [-0.2, -0.15) is 9.57 Å². The first-order valence-electron chi connectivity index (χ1n) is 6.97. The standard InChI is InChI=1S/C15H20N2O2S/c1-12(2)9-10-17(14-7-8-14)20(18,19)15-6-4-3-5-13(15)11-16/h3-6,12,14H,7-10H2,1-2H3. The third kappa shape index (κ3) is 3.20. The van der Waals surface area contributed by atoms with Crippen LogP contribution in [-0.2, 0) is 10.0 Å². The van der Waals surface area contributed by atoms with E-state index in [1.807, 2.05) is 6.07 Å². The molecule has 0 atom stereocenters. The van der Waals surface area contributed by atoms with E-state index >= 15 is 0 Å². The predicted octanol–water partition coefficient (Wildman–Crippen LogP) is 2.76. The Bertz CT molecular complexity index is 613. The molecule has 1 aromatic carbocycles. The number of nitrogens with zero attached hydrogens (tertiary/aromatic N) is 2. The molecule has 20 heavy (non-hydrogen) atoms. The van der Waals surface area contributed by atoms with Crippen molar-refractivity contribution in [2.75, 3.05) is 6.54 Å². The summed E-state index contributed by atoms with van der Waals surface area (Å²) in [5.41, 5.74) is 0.225. The maximum Gasteiger partial charge on any atom is 0.244 e. The summed E-state index contributed by atoms with van der Waals surface area (Å²) in [6.07, 6.45) is 2.68. The van der Waals surface area contributed by atoms with E-state index in [9.17, 15) is 8.42 Å². The lowest BCUT2D eigenvalue weighted by atomic mass is 10.1. The summed E-state index contributed by atoms with van der Waals surface area (Å²) >= 11 is 0. The maximum absolute atomic E-state index is 12.8. The minimum absolute atomic E-state index is 0.116. The first-order valence-corrected chi connectivity index (χ1v) is 8.41. The lowest BCUT2D eigenvalue weighted by molar-refractivity contribution is 0.373. The maximum atomic E-state index is 12.8. The molecule has 0 heterocycles. The van der Waals surface area contributed by atoms with E-state index in [2.05, 4.69) is 13.8 Å². The summed E-state index contributed by atoms with van der Waals surface area (Å²) in [6, 6.07) is 8.53. The second-order valence-corrected chi connectivity index (χ2v) is 7.50. The molecule has 5 heteroatoms. The Morgan fingerprint density at radius 2 is 2.00 bits per heavy atom. The van der Waals surface area contributed by atoms with Crippen LogP contribution in [0.1, 0.15) is 38.7 Å². The molecule has 1 aliphatic rings. The normalized spacial score (nSPS) is 15.6. The van der Waals surface area contributed by atoms with Crippen LogP contribution in [0.25, 0.3) is 0 Å². The van der Waals surface area contributed by atoms with Crippen LogP contribution in [0.2, 0.25) is 0 Å². The lowest BCUT2D eigenvalue weighted by Gasteiger charge is -2.23. The van der Waals surface area contributed by atoms with Crippen LogP contribution < -0.4 is 0 Å². The third-order valence-corrected chi connectivity index (χ3v) is 5.49.